The fourth-order valence-electron chi connectivity index (χ4n) is 2.40. The third-order valence-corrected chi connectivity index (χ3v) is 4.01. The highest BCUT2D eigenvalue weighted by Gasteiger charge is 2.45. The lowest BCUT2D eigenvalue weighted by Crippen LogP contribution is -2.45. The summed E-state index contributed by atoms with van der Waals surface area (Å²) in [4.78, 5) is 12.1. The average Bonchev–Trinajstić information content (AvgIpc) is 2.35. The molecule has 3 rings (SSSR count). The maximum absolute atomic E-state index is 13.3. The normalized spacial score (nSPS) is 20.9. The number of amides is 1. The second-order valence-electron chi connectivity index (χ2n) is 4.75. The highest BCUT2D eigenvalue weighted by molar-refractivity contribution is 6.31. The van der Waals surface area contributed by atoms with Crippen LogP contribution >= 0.6 is 11.6 Å². The van der Waals surface area contributed by atoms with E-state index in [4.69, 9.17) is 11.6 Å². The van der Waals surface area contributed by atoms with Crippen LogP contribution in [0.15, 0.2) is 12.1 Å². The fraction of sp³-hybridized carbons (Fsp3) is 0.417. The Bertz CT molecular complexity index is 500. The predicted molar refractivity (Wildman–Crippen MR) is 64.8 cm³/mol. The van der Waals surface area contributed by atoms with Crippen LogP contribution in [0.3, 0.4) is 0 Å². The molecule has 0 saturated heterocycles. The molecule has 1 aromatic carbocycles. The Morgan fingerprint density at radius 2 is 2.06 bits per heavy atom. The lowest BCUT2D eigenvalue weighted by atomic mass is 9.68. The number of nitrogens with one attached hydrogen (secondary N) is 2. The Hall–Kier alpha value is -1.29. The van der Waals surface area contributed by atoms with Crippen LogP contribution < -0.4 is 10.6 Å². The largest absolute Gasteiger partial charge is 0.382 e. The van der Waals surface area contributed by atoms with Gasteiger partial charge in [-0.3, -0.25) is 4.79 Å². The first-order valence-corrected chi connectivity index (χ1v) is 6.03. The van der Waals surface area contributed by atoms with E-state index in [2.05, 4.69) is 10.6 Å². The minimum atomic E-state index is -0.475. The fourth-order valence-corrected chi connectivity index (χ4v) is 2.57. The van der Waals surface area contributed by atoms with Gasteiger partial charge in [-0.05, 0) is 18.9 Å². The van der Waals surface area contributed by atoms with Gasteiger partial charge in [-0.1, -0.05) is 18.0 Å². The zero-order chi connectivity index (χ0) is 12.0. The molecule has 0 radical (unpaired) electrons. The SMILES string of the molecule is O=C1Nc2cc(Cl)c(F)cc2NCC12CCC2. The molecule has 0 unspecified atom stereocenters. The molecule has 0 atom stereocenters. The average molecular weight is 255 g/mol. The van der Waals surface area contributed by atoms with Crippen molar-refractivity contribution in [1.82, 2.24) is 0 Å². The molecule has 90 valence electrons. The van der Waals surface area contributed by atoms with Crippen molar-refractivity contribution < 1.29 is 9.18 Å². The summed E-state index contributed by atoms with van der Waals surface area (Å²) in [6.45, 7) is 0.562. The van der Waals surface area contributed by atoms with Crippen molar-refractivity contribution in [3.8, 4) is 0 Å². The highest BCUT2D eigenvalue weighted by atomic mass is 35.5. The molecule has 5 heteroatoms. The Kier molecular flexibility index (Phi) is 2.30. The first-order valence-electron chi connectivity index (χ1n) is 5.65. The number of fused-ring (bicyclic) bond motifs is 1. The summed E-state index contributed by atoms with van der Waals surface area (Å²) in [5.74, 6) is -0.464. The first-order chi connectivity index (χ1) is 8.11. The minimum absolute atomic E-state index is 0.0117. The Morgan fingerprint density at radius 3 is 2.71 bits per heavy atom. The molecule has 3 nitrogen and oxygen atoms in total. The summed E-state index contributed by atoms with van der Waals surface area (Å²) in [7, 11) is 0. The molecule has 0 bridgehead atoms. The molecule has 1 amide bonds. The van der Waals surface area contributed by atoms with Gasteiger partial charge >= 0.3 is 0 Å². The third kappa shape index (κ3) is 1.59. The van der Waals surface area contributed by atoms with Crippen LogP contribution in [0.25, 0.3) is 0 Å². The van der Waals surface area contributed by atoms with Crippen molar-refractivity contribution >= 4 is 28.9 Å². The molecule has 1 saturated carbocycles. The summed E-state index contributed by atoms with van der Waals surface area (Å²) in [6, 6.07) is 2.78. The number of carbonyl (C=O) groups excluding carboxylic acids is 1. The van der Waals surface area contributed by atoms with Gasteiger partial charge < -0.3 is 10.6 Å². The molecular formula is C12H12ClFN2O. The van der Waals surface area contributed by atoms with E-state index in [1.54, 1.807) is 0 Å². The smallest absolute Gasteiger partial charge is 0.232 e. The molecule has 1 spiro atoms. The van der Waals surface area contributed by atoms with E-state index in [0.717, 1.165) is 19.3 Å². The lowest BCUT2D eigenvalue weighted by molar-refractivity contribution is -0.129. The van der Waals surface area contributed by atoms with Crippen LogP contribution in [-0.4, -0.2) is 12.5 Å². The maximum Gasteiger partial charge on any atom is 0.232 e. The zero-order valence-corrected chi connectivity index (χ0v) is 9.90. The number of hydrogen-bond acceptors (Lipinski definition) is 2. The first kappa shape index (κ1) is 10.8. The van der Waals surface area contributed by atoms with E-state index < -0.39 is 5.82 Å². The molecule has 1 aromatic rings. The predicted octanol–water partition coefficient (Wildman–Crippen LogP) is 3.01. The van der Waals surface area contributed by atoms with Gasteiger partial charge in [0, 0.05) is 12.6 Å². The van der Waals surface area contributed by atoms with E-state index in [1.165, 1.54) is 12.1 Å². The third-order valence-electron chi connectivity index (χ3n) is 3.72. The molecule has 17 heavy (non-hydrogen) atoms. The number of hydrogen-bond donors (Lipinski definition) is 2. The van der Waals surface area contributed by atoms with E-state index in [9.17, 15) is 9.18 Å². The van der Waals surface area contributed by atoms with E-state index in [0.29, 0.717) is 17.9 Å². The van der Waals surface area contributed by atoms with Crippen molar-refractivity contribution in [1.29, 1.82) is 0 Å². The molecule has 0 aromatic heterocycles. The van der Waals surface area contributed by atoms with E-state index in [1.807, 2.05) is 0 Å². The van der Waals surface area contributed by atoms with Gasteiger partial charge in [0.05, 0.1) is 21.8 Å². The Balaban J connectivity index is 1.99. The second kappa shape index (κ2) is 3.60. The highest BCUT2D eigenvalue weighted by Crippen LogP contribution is 2.44. The second-order valence-corrected chi connectivity index (χ2v) is 5.16. The van der Waals surface area contributed by atoms with Gasteiger partial charge in [0.25, 0.3) is 0 Å². The summed E-state index contributed by atoms with van der Waals surface area (Å²) < 4.78 is 13.3. The van der Waals surface area contributed by atoms with Gasteiger partial charge in [0.1, 0.15) is 5.82 Å². The van der Waals surface area contributed by atoms with Gasteiger partial charge in [-0.2, -0.15) is 0 Å². The number of halogens is 2. The van der Waals surface area contributed by atoms with Crippen molar-refractivity contribution in [2.75, 3.05) is 17.2 Å². The van der Waals surface area contributed by atoms with Crippen molar-refractivity contribution in [2.45, 2.75) is 19.3 Å². The summed E-state index contributed by atoms with van der Waals surface area (Å²) >= 11 is 5.71. The quantitative estimate of drug-likeness (QED) is 0.747. The minimum Gasteiger partial charge on any atom is -0.382 e. The number of rotatable bonds is 0. The van der Waals surface area contributed by atoms with Crippen LogP contribution in [0.5, 0.6) is 0 Å². The maximum atomic E-state index is 13.3. The Morgan fingerprint density at radius 1 is 1.29 bits per heavy atom. The van der Waals surface area contributed by atoms with Crippen LogP contribution in [-0.2, 0) is 4.79 Å². The standard InChI is InChI=1S/C12H12ClFN2O/c13-7-4-10-9(5-8(7)14)15-6-12(2-1-3-12)11(17)16-10/h4-5,15H,1-3,6H2,(H,16,17). The monoisotopic (exact) mass is 254 g/mol. The van der Waals surface area contributed by atoms with Gasteiger partial charge in [-0.15, -0.1) is 0 Å². The van der Waals surface area contributed by atoms with E-state index in [-0.39, 0.29) is 16.3 Å². The molecular weight excluding hydrogens is 243 g/mol. The van der Waals surface area contributed by atoms with Crippen LogP contribution in [0.1, 0.15) is 19.3 Å². The van der Waals surface area contributed by atoms with Crippen LogP contribution in [0.4, 0.5) is 15.8 Å². The van der Waals surface area contributed by atoms with Gasteiger partial charge in [0.2, 0.25) is 5.91 Å². The van der Waals surface area contributed by atoms with Gasteiger partial charge in [0.15, 0.2) is 0 Å². The molecule has 2 N–H and O–H groups in total. The Labute approximate surface area is 103 Å². The number of anilines is 2. The van der Waals surface area contributed by atoms with Crippen molar-refractivity contribution in [3.05, 3.63) is 23.0 Å². The summed E-state index contributed by atoms with van der Waals surface area (Å²) in [5.41, 5.74) is 0.844. The topological polar surface area (TPSA) is 41.1 Å². The molecule has 1 fully saturated rings. The molecule has 1 aliphatic carbocycles. The van der Waals surface area contributed by atoms with Crippen LogP contribution in [0.2, 0.25) is 5.02 Å². The molecule has 1 heterocycles. The number of benzene rings is 1. The molecule has 2 aliphatic rings. The van der Waals surface area contributed by atoms with Crippen molar-refractivity contribution in [2.24, 2.45) is 5.41 Å². The molecule has 1 aliphatic heterocycles. The summed E-state index contributed by atoms with van der Waals surface area (Å²) in [5, 5.41) is 5.99. The zero-order valence-electron chi connectivity index (χ0n) is 9.15. The summed E-state index contributed by atoms with van der Waals surface area (Å²) in [6.07, 6.45) is 2.84. The van der Waals surface area contributed by atoms with Crippen LogP contribution in [0, 0.1) is 11.2 Å². The van der Waals surface area contributed by atoms with Crippen molar-refractivity contribution in [3.63, 3.8) is 0 Å². The van der Waals surface area contributed by atoms with E-state index >= 15 is 0 Å². The van der Waals surface area contributed by atoms with Gasteiger partial charge in [-0.25, -0.2) is 4.39 Å². The number of carbonyl (C=O) groups is 1. The lowest BCUT2D eigenvalue weighted by Gasteiger charge is -2.38.